The fourth-order valence-corrected chi connectivity index (χ4v) is 15.6. The molecular weight excluding hydrogens is 1710 g/mol. The van der Waals surface area contributed by atoms with Gasteiger partial charge in [-0.2, -0.15) is 38.7 Å². The van der Waals surface area contributed by atoms with Gasteiger partial charge in [0.25, 0.3) is 5.88 Å². The molecule has 2 N–H and O–H groups in total. The van der Waals surface area contributed by atoms with E-state index in [1.807, 2.05) is 57.2 Å². The second-order valence-electron chi connectivity index (χ2n) is 35.4. The number of aromatic nitrogens is 12. The number of hydrogen-bond acceptors (Lipinski definition) is 24. The van der Waals surface area contributed by atoms with Gasteiger partial charge in [-0.25, -0.2) is 61.6 Å². The Morgan fingerprint density at radius 3 is 1.08 bits per heavy atom. The van der Waals surface area contributed by atoms with Gasteiger partial charge in [-0.1, -0.05) is 137 Å². The lowest BCUT2D eigenvalue weighted by Gasteiger charge is -2.27. The van der Waals surface area contributed by atoms with Crippen LogP contribution in [0.5, 0.6) is 11.6 Å². The summed E-state index contributed by atoms with van der Waals surface area (Å²) in [5, 5.41) is 6.35. The first-order valence-electron chi connectivity index (χ1n) is 44.5. The van der Waals surface area contributed by atoms with Crippen LogP contribution in [-0.4, -0.2) is 138 Å². The van der Waals surface area contributed by atoms with Crippen LogP contribution in [0.25, 0.3) is 33.5 Å². The summed E-state index contributed by atoms with van der Waals surface area (Å²) in [5.74, 6) is -13.7. The molecule has 0 radical (unpaired) electrons. The summed E-state index contributed by atoms with van der Waals surface area (Å²) < 4.78 is 127. The van der Waals surface area contributed by atoms with Crippen molar-refractivity contribution >= 4 is 105 Å². The lowest BCUT2D eigenvalue weighted by Crippen LogP contribution is -2.37. The fourth-order valence-electron chi connectivity index (χ4n) is 15.6. The Kier molecular flexibility index (Phi) is 32.6. The maximum atomic E-state index is 14.7. The molecule has 0 bridgehead atoms. The standard InChI is InChI=1S/C33H34F5N5O5.C33H39FN6O4.C30H40N6O4/c1-5-46-21(44)16-42-17-39-27-29(42)40-31(41-30(27)47-28-25(37)23(35)22(34)24(36)26(28)38)43(32(45)48-33(2,3)4)15-18-11-13-20(14-12-18)19-9-7-6-8-10-19;1-5-43-27(41)20-39-21-35-28-29(36-26-17-15-25(34)16-18-26)37-31(38-30(28)39)40(32(42)44-33(2,3)4)19-22-11-13-24(14-12-22)23-9-7-6-8-10-23;1-6-17-31-26-25-27(35(20-32-25)19-24(37)39-7-2)34-28(33-26)36(29(38)40-30(3,4)5)18-21-13-15-23(16-14-21)22-11-9-8-10-12-22/h11-14,17,19H,5-10,15-16H2,1-4H3;11-18,21,23H,5-10,19-20H2,1-4H3,(H,36,37,38);6,13-16,20,22H,1,7-12,17-19H2,2-5H3,(H,31,33,34). The van der Waals surface area contributed by atoms with E-state index in [1.165, 1.54) is 126 Å². The maximum absolute atomic E-state index is 14.7. The van der Waals surface area contributed by atoms with Crippen LogP contribution < -0.4 is 30.1 Å². The quantitative estimate of drug-likeness (QED) is 0.0115. The molecule has 3 fully saturated rings. The first-order chi connectivity index (χ1) is 63.0. The molecule has 3 amide bonds. The molecule has 3 saturated carbocycles. The number of nitrogens with zero attached hydrogens (tertiary/aromatic N) is 15. The minimum Gasteiger partial charge on any atom is -0.465 e. The molecule has 11 aromatic rings. The van der Waals surface area contributed by atoms with Crippen molar-refractivity contribution in [1.82, 2.24) is 58.6 Å². The molecule has 702 valence electrons. The van der Waals surface area contributed by atoms with E-state index in [0.29, 0.717) is 63.7 Å². The van der Waals surface area contributed by atoms with Crippen molar-refractivity contribution in [2.45, 2.75) is 253 Å². The SMILES string of the molecule is C=CCNc1nc(N(Cc2ccc(C3CCCCC3)cc2)C(=O)OC(C)(C)C)nc2c1ncn2CC(=O)OCC.CCOC(=O)Cn1cnc2c(Nc3ccc(F)cc3)nc(N(Cc3ccc(C4CCCCC4)cc3)C(=O)OC(C)(C)C)nc21.CCOC(=O)Cn1cnc2c(Oc3c(F)c(F)c(F)c(F)c3F)nc(N(Cc3ccc(C4CCCCC4)cc3)C(=O)OC(C)(C)C)nc21. The molecule has 5 aromatic carbocycles. The van der Waals surface area contributed by atoms with Gasteiger partial charge in [-0.3, -0.25) is 14.4 Å². The van der Waals surface area contributed by atoms with Crippen LogP contribution >= 0.6 is 0 Å². The van der Waals surface area contributed by atoms with E-state index in [0.717, 1.165) is 48.0 Å². The maximum Gasteiger partial charge on any atom is 0.417 e. The number of ether oxygens (including phenoxy) is 7. The minimum atomic E-state index is -2.38. The monoisotopic (exact) mass is 1830 g/mol. The molecule has 0 atom stereocenters. The predicted octanol–water partition coefficient (Wildman–Crippen LogP) is 21.1. The third kappa shape index (κ3) is 25.9. The summed E-state index contributed by atoms with van der Waals surface area (Å²) in [7, 11) is 0. The van der Waals surface area contributed by atoms with E-state index in [1.54, 1.807) is 89.7 Å². The lowest BCUT2D eigenvalue weighted by atomic mass is 9.84. The molecule has 3 aliphatic carbocycles. The Morgan fingerprint density at radius 1 is 0.417 bits per heavy atom. The van der Waals surface area contributed by atoms with Crippen molar-refractivity contribution in [2.75, 3.05) is 51.7 Å². The molecule has 14 rings (SSSR count). The highest BCUT2D eigenvalue weighted by atomic mass is 19.2. The van der Waals surface area contributed by atoms with Crippen LogP contribution in [0.4, 0.5) is 75.9 Å². The van der Waals surface area contributed by atoms with E-state index < -0.39 is 106 Å². The number of carbonyl (C=O) groups is 6. The molecule has 30 nitrogen and oxygen atoms in total. The summed E-state index contributed by atoms with van der Waals surface area (Å²) in [4.78, 5) is 122. The highest BCUT2D eigenvalue weighted by molar-refractivity contribution is 5.93. The minimum absolute atomic E-state index is 0.0540. The number of fused-ring (bicyclic) bond motifs is 3. The summed E-state index contributed by atoms with van der Waals surface area (Å²) in [6.45, 7) is 25.1. The van der Waals surface area contributed by atoms with Gasteiger partial charge >= 0.3 is 36.2 Å². The van der Waals surface area contributed by atoms with Gasteiger partial charge in [-0.05, 0) is 197 Å². The van der Waals surface area contributed by atoms with Crippen molar-refractivity contribution in [2.24, 2.45) is 0 Å². The molecule has 0 saturated heterocycles. The molecule has 0 unspecified atom stereocenters. The molecular formula is C96H113F6N17O13. The van der Waals surface area contributed by atoms with Crippen molar-refractivity contribution in [3.63, 3.8) is 0 Å². The first-order valence-corrected chi connectivity index (χ1v) is 44.5. The number of imidazole rings is 3. The number of hydrogen-bond donors (Lipinski definition) is 2. The largest absolute Gasteiger partial charge is 0.465 e. The van der Waals surface area contributed by atoms with Gasteiger partial charge < -0.3 is 57.5 Å². The Hall–Kier alpha value is -13.3. The molecule has 36 heteroatoms. The van der Waals surface area contributed by atoms with E-state index in [9.17, 15) is 55.1 Å². The van der Waals surface area contributed by atoms with Gasteiger partial charge in [-0.15, -0.1) is 6.58 Å². The lowest BCUT2D eigenvalue weighted by molar-refractivity contribution is -0.144. The number of rotatable bonds is 28. The highest BCUT2D eigenvalue weighted by Gasteiger charge is 2.36. The summed E-state index contributed by atoms with van der Waals surface area (Å²) in [5.41, 5.74) is 5.40. The average molecular weight is 1830 g/mol. The van der Waals surface area contributed by atoms with Gasteiger partial charge in [0.05, 0.1) is 58.4 Å². The fraction of sp³-hybridized carbons (Fsp3) is 0.448. The molecule has 132 heavy (non-hydrogen) atoms. The van der Waals surface area contributed by atoms with E-state index in [2.05, 4.69) is 83.5 Å². The van der Waals surface area contributed by atoms with E-state index in [4.69, 9.17) is 48.1 Å². The Labute approximate surface area is 761 Å². The van der Waals surface area contributed by atoms with Crippen LogP contribution in [-0.2, 0) is 82.1 Å². The highest BCUT2D eigenvalue weighted by Crippen LogP contribution is 2.40. The average Bonchev–Trinajstić information content (AvgIpc) is 1.52. The first kappa shape index (κ1) is 97.7. The van der Waals surface area contributed by atoms with Crippen LogP contribution in [0.3, 0.4) is 0 Å². The molecule has 0 aliphatic heterocycles. The van der Waals surface area contributed by atoms with Crippen LogP contribution in [0.1, 0.15) is 231 Å². The van der Waals surface area contributed by atoms with Crippen molar-refractivity contribution in [1.29, 1.82) is 0 Å². The number of amides is 3. The normalized spacial score (nSPS) is 14.0. The molecule has 6 heterocycles. The number of halogens is 6. The summed E-state index contributed by atoms with van der Waals surface area (Å²) in [6, 6.07) is 30.2. The third-order valence-electron chi connectivity index (χ3n) is 21.8. The van der Waals surface area contributed by atoms with Gasteiger partial charge in [0.15, 0.2) is 45.1 Å². The molecule has 0 spiro atoms. The zero-order chi connectivity index (χ0) is 94.7. The number of benzene rings is 5. The van der Waals surface area contributed by atoms with Crippen molar-refractivity contribution < 1.29 is 88.3 Å². The van der Waals surface area contributed by atoms with Crippen molar-refractivity contribution in [3.8, 4) is 11.6 Å². The third-order valence-corrected chi connectivity index (χ3v) is 21.8. The Morgan fingerprint density at radius 2 is 0.735 bits per heavy atom. The number of esters is 3. The van der Waals surface area contributed by atoms with Crippen LogP contribution in [0.15, 0.2) is 129 Å². The van der Waals surface area contributed by atoms with Gasteiger partial charge in [0.2, 0.25) is 52.7 Å². The smallest absolute Gasteiger partial charge is 0.417 e. The zero-order valence-corrected chi connectivity index (χ0v) is 76.4. The number of anilines is 6. The Bertz CT molecular complexity index is 5830. The second-order valence-corrected chi connectivity index (χ2v) is 35.4. The van der Waals surface area contributed by atoms with E-state index >= 15 is 0 Å². The van der Waals surface area contributed by atoms with Crippen molar-refractivity contribution in [3.05, 3.63) is 197 Å². The predicted molar refractivity (Wildman–Crippen MR) is 485 cm³/mol. The second kappa shape index (κ2) is 44.1. The molecule has 3 aliphatic rings. The zero-order valence-electron chi connectivity index (χ0n) is 76.4. The number of carbonyl (C=O) groups excluding carboxylic acids is 6. The summed E-state index contributed by atoms with van der Waals surface area (Å²) in [6.07, 6.45) is 21.8. The van der Waals surface area contributed by atoms with Gasteiger partial charge in [0, 0.05) is 12.2 Å². The Balaban J connectivity index is 0.000000180. The number of nitrogens with one attached hydrogen (secondary N) is 2. The van der Waals surface area contributed by atoms with Gasteiger partial charge in [0.1, 0.15) is 42.3 Å². The van der Waals surface area contributed by atoms with Crippen LogP contribution in [0, 0.1) is 34.9 Å². The molecule has 6 aromatic heterocycles. The topological polar surface area (TPSA) is 332 Å². The van der Waals surface area contributed by atoms with E-state index in [-0.39, 0.29) is 87.2 Å². The van der Waals surface area contributed by atoms with Crippen LogP contribution in [0.2, 0.25) is 0 Å². The summed E-state index contributed by atoms with van der Waals surface area (Å²) >= 11 is 0.